The molecule has 1 aliphatic heterocycles. The molecule has 0 saturated carbocycles. The molecular formula is C3H6BNO3. The Hall–Kier alpha value is -0.545. The second-order valence-electron chi connectivity index (χ2n) is 1.47. The van der Waals surface area contributed by atoms with Crippen LogP contribution in [0.1, 0.15) is 0 Å². The molecule has 44 valence electrons. The van der Waals surface area contributed by atoms with Gasteiger partial charge in [-0.2, -0.15) is 0 Å². The summed E-state index contributed by atoms with van der Waals surface area (Å²) in [4.78, 5) is 10.2. The highest BCUT2D eigenvalue weighted by molar-refractivity contribution is 6.48. The molecule has 0 aromatic heterocycles. The van der Waals surface area contributed by atoms with Gasteiger partial charge in [0.25, 0.3) is 0 Å². The minimum atomic E-state index is -0.498. The Morgan fingerprint density at radius 2 is 2.62 bits per heavy atom. The zero-order valence-electron chi connectivity index (χ0n) is 4.29. The molecular weight excluding hydrogens is 109 g/mol. The summed E-state index contributed by atoms with van der Waals surface area (Å²) in [6.45, 7) is 0.0435. The van der Waals surface area contributed by atoms with E-state index in [1.807, 2.05) is 0 Å². The number of carbonyl (C=O) groups is 1. The van der Waals surface area contributed by atoms with Crippen LogP contribution >= 0.6 is 0 Å². The fraction of sp³-hybridized carbons (Fsp3) is 0.667. The first kappa shape index (κ1) is 5.59. The summed E-state index contributed by atoms with van der Waals surface area (Å²) in [7, 11) is -0.498. The Balaban J connectivity index is 2.32. The van der Waals surface area contributed by atoms with E-state index < -0.39 is 7.12 Å². The van der Waals surface area contributed by atoms with Gasteiger partial charge < -0.3 is 15.0 Å². The highest BCUT2D eigenvalue weighted by Gasteiger charge is 2.28. The van der Waals surface area contributed by atoms with Crippen LogP contribution in [-0.2, 0) is 14.1 Å². The zero-order chi connectivity index (χ0) is 5.98. The highest BCUT2D eigenvalue weighted by atomic mass is 16.7. The summed E-state index contributed by atoms with van der Waals surface area (Å²) >= 11 is 0. The maximum absolute atomic E-state index is 10.2. The Labute approximate surface area is 47.1 Å². The van der Waals surface area contributed by atoms with Gasteiger partial charge in [0, 0.05) is 6.44 Å². The number of hydrogen-bond donors (Lipinski definition) is 1. The molecule has 8 heavy (non-hydrogen) atoms. The summed E-state index contributed by atoms with van der Waals surface area (Å²) in [5.74, 6) is -0.333. The third-order valence-corrected chi connectivity index (χ3v) is 0.842. The van der Waals surface area contributed by atoms with Crippen molar-refractivity contribution in [1.29, 1.82) is 0 Å². The molecule has 0 unspecified atom stereocenters. The molecule has 0 atom stereocenters. The second-order valence-corrected chi connectivity index (χ2v) is 1.47. The molecule has 4 nitrogen and oxygen atoms in total. The first-order valence-electron chi connectivity index (χ1n) is 2.34. The quantitative estimate of drug-likeness (QED) is 0.424. The number of hydrogen-bond acceptors (Lipinski definition) is 4. The third-order valence-electron chi connectivity index (χ3n) is 0.842. The standard InChI is InChI=1S/C3H6BNO3/c5-2-4-7-1-3(6)8-4/h1-2,5H2. The maximum Gasteiger partial charge on any atom is 0.542 e. The third kappa shape index (κ3) is 0.990. The van der Waals surface area contributed by atoms with E-state index in [-0.39, 0.29) is 19.0 Å². The lowest BCUT2D eigenvalue weighted by molar-refractivity contribution is -0.132. The molecule has 0 aromatic rings. The van der Waals surface area contributed by atoms with Crippen LogP contribution in [0.2, 0.25) is 0 Å². The van der Waals surface area contributed by atoms with E-state index >= 15 is 0 Å². The van der Waals surface area contributed by atoms with Crippen LogP contribution in [0, 0.1) is 0 Å². The van der Waals surface area contributed by atoms with E-state index in [1.54, 1.807) is 0 Å². The summed E-state index contributed by atoms with van der Waals surface area (Å²) < 4.78 is 9.24. The fourth-order valence-corrected chi connectivity index (χ4v) is 0.492. The zero-order valence-corrected chi connectivity index (χ0v) is 4.29. The van der Waals surface area contributed by atoms with Crippen LogP contribution in [0.15, 0.2) is 0 Å². The van der Waals surface area contributed by atoms with Crippen LogP contribution in [0.4, 0.5) is 0 Å². The van der Waals surface area contributed by atoms with Crippen LogP contribution in [0.25, 0.3) is 0 Å². The van der Waals surface area contributed by atoms with E-state index in [4.69, 9.17) is 10.4 Å². The summed E-state index contributed by atoms with van der Waals surface area (Å²) in [5.41, 5.74) is 5.09. The van der Waals surface area contributed by atoms with Gasteiger partial charge in [0.1, 0.15) is 6.61 Å². The summed E-state index contributed by atoms with van der Waals surface area (Å²) in [6, 6.07) is 0. The van der Waals surface area contributed by atoms with Crippen LogP contribution < -0.4 is 5.73 Å². The molecule has 0 bridgehead atoms. The topological polar surface area (TPSA) is 61.5 Å². The number of rotatable bonds is 1. The maximum atomic E-state index is 10.2. The Morgan fingerprint density at radius 1 is 1.88 bits per heavy atom. The van der Waals surface area contributed by atoms with E-state index in [9.17, 15) is 4.79 Å². The molecule has 1 aliphatic rings. The predicted octanol–water partition coefficient (Wildman–Crippen LogP) is -1.45. The molecule has 2 N–H and O–H groups in total. The SMILES string of the molecule is NCB1OCC(=O)O1. The van der Waals surface area contributed by atoms with Crippen LogP contribution in [0.5, 0.6) is 0 Å². The van der Waals surface area contributed by atoms with Crippen molar-refractivity contribution < 1.29 is 14.1 Å². The van der Waals surface area contributed by atoms with E-state index in [1.165, 1.54) is 0 Å². The summed E-state index contributed by atoms with van der Waals surface area (Å²) in [6.07, 6.45) is 0.242. The van der Waals surface area contributed by atoms with Gasteiger partial charge in [-0.1, -0.05) is 0 Å². The van der Waals surface area contributed by atoms with Crippen LogP contribution in [0.3, 0.4) is 0 Å². The Morgan fingerprint density at radius 3 is 2.88 bits per heavy atom. The van der Waals surface area contributed by atoms with Crippen molar-refractivity contribution in [3.05, 3.63) is 0 Å². The van der Waals surface area contributed by atoms with Crippen LogP contribution in [-0.4, -0.2) is 26.1 Å². The monoisotopic (exact) mass is 115 g/mol. The van der Waals surface area contributed by atoms with Crippen molar-refractivity contribution in [2.75, 3.05) is 13.1 Å². The highest BCUT2D eigenvalue weighted by Crippen LogP contribution is 1.97. The minimum Gasteiger partial charge on any atom is -0.507 e. The molecule has 0 aromatic carbocycles. The Kier molecular flexibility index (Phi) is 1.50. The van der Waals surface area contributed by atoms with Crippen molar-refractivity contribution >= 4 is 13.1 Å². The predicted molar refractivity (Wildman–Crippen MR) is 26.9 cm³/mol. The average Bonchev–Trinajstić information content (AvgIpc) is 2.14. The van der Waals surface area contributed by atoms with Crippen molar-refractivity contribution in [2.45, 2.75) is 0 Å². The summed E-state index contributed by atoms with van der Waals surface area (Å²) in [5, 5.41) is 0. The van der Waals surface area contributed by atoms with Gasteiger partial charge in [-0.15, -0.1) is 0 Å². The van der Waals surface area contributed by atoms with Crippen molar-refractivity contribution in [3.63, 3.8) is 0 Å². The first-order chi connectivity index (χ1) is 3.83. The molecule has 1 heterocycles. The van der Waals surface area contributed by atoms with Gasteiger partial charge in [0.2, 0.25) is 0 Å². The van der Waals surface area contributed by atoms with E-state index in [2.05, 4.69) is 4.65 Å². The lowest BCUT2D eigenvalue weighted by Gasteiger charge is -1.94. The van der Waals surface area contributed by atoms with Gasteiger partial charge in [0.05, 0.1) is 0 Å². The molecule has 1 fully saturated rings. The van der Waals surface area contributed by atoms with E-state index in [0.717, 1.165) is 0 Å². The fourth-order valence-electron chi connectivity index (χ4n) is 0.492. The largest absolute Gasteiger partial charge is 0.542 e. The molecule has 5 heteroatoms. The lowest BCUT2D eigenvalue weighted by atomic mass is 9.92. The lowest BCUT2D eigenvalue weighted by Crippen LogP contribution is -2.26. The van der Waals surface area contributed by atoms with Gasteiger partial charge in [-0.25, -0.2) is 0 Å². The second kappa shape index (κ2) is 2.15. The number of nitrogens with two attached hydrogens (primary N) is 1. The molecule has 0 radical (unpaired) electrons. The van der Waals surface area contributed by atoms with Crippen molar-refractivity contribution in [2.24, 2.45) is 5.73 Å². The van der Waals surface area contributed by atoms with E-state index in [0.29, 0.717) is 0 Å². The Bertz CT molecular complexity index is 107. The molecule has 0 aliphatic carbocycles. The van der Waals surface area contributed by atoms with Gasteiger partial charge >= 0.3 is 13.1 Å². The molecule has 0 amide bonds. The normalized spacial score (nSPS) is 19.1. The molecule has 1 rings (SSSR count). The van der Waals surface area contributed by atoms with Gasteiger partial charge in [0.15, 0.2) is 0 Å². The van der Waals surface area contributed by atoms with Gasteiger partial charge in [-0.3, -0.25) is 4.79 Å². The van der Waals surface area contributed by atoms with Crippen molar-refractivity contribution in [1.82, 2.24) is 0 Å². The smallest absolute Gasteiger partial charge is 0.507 e. The van der Waals surface area contributed by atoms with Crippen molar-refractivity contribution in [3.8, 4) is 0 Å². The molecule has 1 saturated heterocycles. The first-order valence-corrected chi connectivity index (χ1v) is 2.34. The molecule has 0 spiro atoms. The number of carbonyl (C=O) groups excluding carboxylic acids is 1. The van der Waals surface area contributed by atoms with Gasteiger partial charge in [-0.05, 0) is 0 Å². The average molecular weight is 115 g/mol. The minimum absolute atomic E-state index is 0.0435.